The molecule has 1 fully saturated rings. The molecule has 1 rings (SSSR count). The summed E-state index contributed by atoms with van der Waals surface area (Å²) in [5.41, 5.74) is 0. The summed E-state index contributed by atoms with van der Waals surface area (Å²) in [6, 6.07) is -1.18. The van der Waals surface area contributed by atoms with Gasteiger partial charge < -0.3 is 40.3 Å². The number of aliphatic hydroxyl groups excluding tert-OH is 4. The molecule has 0 radical (unpaired) electrons. The highest BCUT2D eigenvalue weighted by Gasteiger charge is 2.48. The zero-order valence-electron chi connectivity index (χ0n) is 11.2. The SMILES string of the molecule is CC(=O)N[C@@H]1[C@H]([C@H](O)[C@@H](O)CO)O[C@@H](P(=O)(O)O)C[C@H]1O. The van der Waals surface area contributed by atoms with Crippen LogP contribution in [0.3, 0.4) is 0 Å². The average molecular weight is 329 g/mol. The topological polar surface area (TPSA) is 177 Å². The summed E-state index contributed by atoms with van der Waals surface area (Å²) in [5, 5.41) is 40.4. The van der Waals surface area contributed by atoms with Gasteiger partial charge in [-0.05, 0) is 0 Å². The molecule has 124 valence electrons. The molecule has 11 heteroatoms. The molecular weight excluding hydrogens is 309 g/mol. The fourth-order valence-corrected chi connectivity index (χ4v) is 2.93. The van der Waals surface area contributed by atoms with Crippen molar-refractivity contribution in [2.24, 2.45) is 0 Å². The largest absolute Gasteiger partial charge is 0.394 e. The first kappa shape index (κ1) is 18.5. The van der Waals surface area contributed by atoms with Crippen LogP contribution in [0, 0.1) is 0 Å². The molecule has 0 aliphatic carbocycles. The number of hydrogen-bond donors (Lipinski definition) is 7. The van der Waals surface area contributed by atoms with Gasteiger partial charge in [0.2, 0.25) is 5.91 Å². The number of hydrogen-bond acceptors (Lipinski definition) is 7. The van der Waals surface area contributed by atoms with Crippen LogP contribution in [0.15, 0.2) is 0 Å². The fraction of sp³-hybridized carbons (Fsp3) is 0.900. The summed E-state index contributed by atoms with van der Waals surface area (Å²) in [6.45, 7) is 0.318. The third-order valence-corrected chi connectivity index (χ3v) is 4.27. The molecule has 0 saturated carbocycles. The van der Waals surface area contributed by atoms with Gasteiger partial charge in [-0.15, -0.1) is 0 Å². The second-order valence-electron chi connectivity index (χ2n) is 4.91. The maximum absolute atomic E-state index is 11.2. The van der Waals surface area contributed by atoms with Crippen molar-refractivity contribution in [2.75, 3.05) is 6.61 Å². The molecule has 1 aliphatic rings. The van der Waals surface area contributed by atoms with Gasteiger partial charge in [0.15, 0.2) is 5.85 Å². The minimum absolute atomic E-state index is 0.451. The van der Waals surface area contributed by atoms with Crippen LogP contribution in [0.5, 0.6) is 0 Å². The molecular formula is C10H20NO9P. The van der Waals surface area contributed by atoms with E-state index < -0.39 is 62.8 Å². The Bertz CT molecular complexity index is 413. The summed E-state index contributed by atoms with van der Waals surface area (Å²) in [5.74, 6) is -2.24. The summed E-state index contributed by atoms with van der Waals surface area (Å²) >= 11 is 0. The molecule has 1 heterocycles. The van der Waals surface area contributed by atoms with Gasteiger partial charge in [0.05, 0.1) is 18.8 Å². The number of ether oxygens (including phenoxy) is 1. The molecule has 1 saturated heterocycles. The summed E-state index contributed by atoms with van der Waals surface area (Å²) in [6.07, 6.45) is -6.75. The highest BCUT2D eigenvalue weighted by atomic mass is 31.2. The minimum Gasteiger partial charge on any atom is -0.394 e. The Morgan fingerprint density at radius 1 is 1.43 bits per heavy atom. The van der Waals surface area contributed by atoms with Crippen LogP contribution in [0.25, 0.3) is 0 Å². The lowest BCUT2D eigenvalue weighted by atomic mass is 9.92. The van der Waals surface area contributed by atoms with E-state index in [4.69, 9.17) is 19.6 Å². The van der Waals surface area contributed by atoms with Crippen molar-refractivity contribution >= 4 is 13.5 Å². The van der Waals surface area contributed by atoms with Crippen LogP contribution in [-0.2, 0) is 14.1 Å². The Morgan fingerprint density at radius 2 is 2.00 bits per heavy atom. The lowest BCUT2D eigenvalue weighted by Crippen LogP contribution is -2.62. The van der Waals surface area contributed by atoms with Crippen LogP contribution >= 0.6 is 7.60 Å². The Hall–Kier alpha value is -0.580. The van der Waals surface area contributed by atoms with Gasteiger partial charge in [0.1, 0.15) is 18.3 Å². The first-order valence-corrected chi connectivity index (χ1v) is 7.89. The highest BCUT2D eigenvalue weighted by Crippen LogP contribution is 2.47. The molecule has 7 N–H and O–H groups in total. The maximum Gasteiger partial charge on any atom is 0.354 e. The van der Waals surface area contributed by atoms with Crippen LogP contribution in [-0.4, -0.2) is 79.0 Å². The number of aliphatic hydroxyl groups is 4. The number of carbonyl (C=O) groups excluding carboxylic acids is 1. The Labute approximate surface area is 120 Å². The Morgan fingerprint density at radius 3 is 2.43 bits per heavy atom. The summed E-state index contributed by atoms with van der Waals surface area (Å²) in [7, 11) is -4.71. The fourth-order valence-electron chi connectivity index (χ4n) is 2.14. The number of nitrogens with one attached hydrogen (secondary N) is 1. The first-order chi connectivity index (χ1) is 9.57. The van der Waals surface area contributed by atoms with Crippen LogP contribution < -0.4 is 5.32 Å². The van der Waals surface area contributed by atoms with Gasteiger partial charge in [-0.2, -0.15) is 0 Å². The van der Waals surface area contributed by atoms with Crippen molar-refractivity contribution in [1.29, 1.82) is 0 Å². The minimum atomic E-state index is -4.71. The van der Waals surface area contributed by atoms with E-state index >= 15 is 0 Å². The quantitative estimate of drug-likeness (QED) is 0.257. The number of amides is 1. The van der Waals surface area contributed by atoms with E-state index in [9.17, 15) is 24.7 Å². The third kappa shape index (κ3) is 4.70. The molecule has 21 heavy (non-hydrogen) atoms. The standard InChI is InChI=1S/C10H20NO9P/c1-4(13)11-8-5(14)2-7(21(17,18)19)20-10(8)9(16)6(15)3-12/h5-10,12,14-16H,2-3H2,1H3,(H,11,13)(H2,17,18,19)/t5-,6+,7+,8+,9-,10-/m1/s1. The van der Waals surface area contributed by atoms with E-state index in [1.54, 1.807) is 0 Å². The van der Waals surface area contributed by atoms with E-state index in [-0.39, 0.29) is 0 Å². The van der Waals surface area contributed by atoms with Gasteiger partial charge in [0, 0.05) is 13.3 Å². The predicted molar refractivity (Wildman–Crippen MR) is 68.0 cm³/mol. The van der Waals surface area contributed by atoms with Crippen molar-refractivity contribution in [3.8, 4) is 0 Å². The zero-order chi connectivity index (χ0) is 16.4. The molecule has 0 aromatic rings. The highest BCUT2D eigenvalue weighted by molar-refractivity contribution is 7.52. The van der Waals surface area contributed by atoms with Crippen molar-refractivity contribution in [2.45, 2.75) is 49.6 Å². The van der Waals surface area contributed by atoms with Gasteiger partial charge in [-0.25, -0.2) is 0 Å². The molecule has 10 nitrogen and oxygen atoms in total. The maximum atomic E-state index is 11.2. The van der Waals surface area contributed by atoms with E-state index in [0.717, 1.165) is 6.92 Å². The third-order valence-electron chi connectivity index (χ3n) is 3.19. The van der Waals surface area contributed by atoms with Crippen LogP contribution in [0.4, 0.5) is 0 Å². The first-order valence-electron chi connectivity index (χ1n) is 6.20. The second-order valence-corrected chi connectivity index (χ2v) is 6.67. The van der Waals surface area contributed by atoms with Crippen molar-refractivity contribution < 1.29 is 44.3 Å². The second kappa shape index (κ2) is 7.12. The summed E-state index contributed by atoms with van der Waals surface area (Å²) < 4.78 is 16.3. The van der Waals surface area contributed by atoms with E-state index in [0.29, 0.717) is 0 Å². The van der Waals surface area contributed by atoms with E-state index in [1.165, 1.54) is 0 Å². The van der Waals surface area contributed by atoms with Crippen LogP contribution in [0.1, 0.15) is 13.3 Å². The Kier molecular flexibility index (Phi) is 6.26. The average Bonchev–Trinajstić information content (AvgIpc) is 2.37. The molecule has 0 aromatic heterocycles. The molecule has 1 amide bonds. The van der Waals surface area contributed by atoms with Gasteiger partial charge in [0.25, 0.3) is 0 Å². The van der Waals surface area contributed by atoms with Gasteiger partial charge in [-0.1, -0.05) is 0 Å². The predicted octanol–water partition coefficient (Wildman–Crippen LogP) is -3.14. The lowest BCUT2D eigenvalue weighted by molar-refractivity contribution is -0.168. The van der Waals surface area contributed by atoms with E-state index in [1.807, 2.05) is 0 Å². The zero-order valence-corrected chi connectivity index (χ0v) is 12.1. The van der Waals surface area contributed by atoms with Crippen molar-refractivity contribution in [3.63, 3.8) is 0 Å². The van der Waals surface area contributed by atoms with Gasteiger partial charge in [-0.3, -0.25) is 9.36 Å². The van der Waals surface area contributed by atoms with E-state index in [2.05, 4.69) is 5.32 Å². The van der Waals surface area contributed by atoms with Crippen molar-refractivity contribution in [3.05, 3.63) is 0 Å². The molecule has 0 unspecified atom stereocenters. The smallest absolute Gasteiger partial charge is 0.354 e. The number of rotatable bonds is 5. The molecule has 1 aliphatic heterocycles. The molecule has 0 spiro atoms. The van der Waals surface area contributed by atoms with Gasteiger partial charge >= 0.3 is 7.60 Å². The molecule has 0 bridgehead atoms. The lowest BCUT2D eigenvalue weighted by Gasteiger charge is -2.42. The van der Waals surface area contributed by atoms with Crippen molar-refractivity contribution in [1.82, 2.24) is 5.32 Å². The number of carbonyl (C=O) groups is 1. The normalized spacial score (nSPS) is 33.3. The summed E-state index contributed by atoms with van der Waals surface area (Å²) in [4.78, 5) is 29.4. The molecule has 6 atom stereocenters. The molecule has 0 aromatic carbocycles. The Balaban J connectivity index is 3.02. The monoisotopic (exact) mass is 329 g/mol. The van der Waals surface area contributed by atoms with Crippen LogP contribution in [0.2, 0.25) is 0 Å².